The highest BCUT2D eigenvalue weighted by Gasteiger charge is 2.17. The number of methoxy groups -OCH3 is 3. The fraction of sp³-hybridized carbons (Fsp3) is 0.200. The lowest BCUT2D eigenvalue weighted by Gasteiger charge is -2.16. The molecule has 0 fully saturated rings. The van der Waals surface area contributed by atoms with E-state index in [0.29, 0.717) is 22.8 Å². The standard InChI is InChI=1S/C20H21N3O4/c1-25-17-10-9-14(18(26-2)19(17)27-3)11-21-20(24)15-12-22-23(13-15)16-7-5-4-6-8-16/h4-10,12-13H,11H2,1-3H3,(H,21,24). The Morgan fingerprint density at radius 3 is 2.41 bits per heavy atom. The predicted octanol–water partition coefficient (Wildman–Crippen LogP) is 2.83. The molecule has 0 aliphatic carbocycles. The zero-order valence-corrected chi connectivity index (χ0v) is 15.4. The van der Waals surface area contributed by atoms with Crippen LogP contribution in [0.4, 0.5) is 0 Å². The highest BCUT2D eigenvalue weighted by molar-refractivity contribution is 5.93. The molecule has 7 heteroatoms. The van der Waals surface area contributed by atoms with Crippen molar-refractivity contribution in [1.82, 2.24) is 15.1 Å². The quantitative estimate of drug-likeness (QED) is 0.695. The van der Waals surface area contributed by atoms with Crippen molar-refractivity contribution in [2.45, 2.75) is 6.54 Å². The van der Waals surface area contributed by atoms with E-state index in [1.54, 1.807) is 38.3 Å². The molecule has 0 atom stereocenters. The summed E-state index contributed by atoms with van der Waals surface area (Å²) in [5, 5.41) is 7.12. The summed E-state index contributed by atoms with van der Waals surface area (Å²) in [5.41, 5.74) is 2.13. The van der Waals surface area contributed by atoms with Gasteiger partial charge in [-0.15, -0.1) is 0 Å². The van der Waals surface area contributed by atoms with Crippen molar-refractivity contribution in [3.05, 3.63) is 66.0 Å². The summed E-state index contributed by atoms with van der Waals surface area (Å²) < 4.78 is 17.7. The number of rotatable bonds is 7. The summed E-state index contributed by atoms with van der Waals surface area (Å²) in [6.45, 7) is 0.277. The molecule has 2 aromatic carbocycles. The number of amides is 1. The van der Waals surface area contributed by atoms with Gasteiger partial charge in [-0.1, -0.05) is 18.2 Å². The van der Waals surface area contributed by atoms with E-state index in [1.807, 2.05) is 36.4 Å². The molecule has 0 aliphatic rings. The van der Waals surface area contributed by atoms with Crippen LogP contribution in [0.2, 0.25) is 0 Å². The molecule has 1 amide bonds. The average Bonchev–Trinajstić information content (AvgIpc) is 3.22. The normalized spacial score (nSPS) is 10.3. The minimum atomic E-state index is -0.228. The molecule has 140 valence electrons. The molecule has 0 bridgehead atoms. The van der Waals surface area contributed by atoms with Gasteiger partial charge in [-0.05, 0) is 24.3 Å². The van der Waals surface area contributed by atoms with Gasteiger partial charge in [0.15, 0.2) is 11.5 Å². The van der Waals surface area contributed by atoms with Crippen molar-refractivity contribution >= 4 is 5.91 Å². The van der Waals surface area contributed by atoms with Gasteiger partial charge in [0.2, 0.25) is 5.75 Å². The number of ether oxygens (including phenoxy) is 3. The Balaban J connectivity index is 1.74. The van der Waals surface area contributed by atoms with Crippen molar-refractivity contribution in [2.75, 3.05) is 21.3 Å². The number of carbonyl (C=O) groups excluding carboxylic acids is 1. The Kier molecular flexibility index (Phi) is 5.61. The molecule has 3 rings (SSSR count). The maximum absolute atomic E-state index is 12.5. The lowest BCUT2D eigenvalue weighted by atomic mass is 10.1. The zero-order chi connectivity index (χ0) is 19.2. The molecule has 0 saturated carbocycles. The van der Waals surface area contributed by atoms with E-state index in [9.17, 15) is 4.79 Å². The third-order valence-electron chi connectivity index (χ3n) is 4.09. The van der Waals surface area contributed by atoms with E-state index in [2.05, 4.69) is 10.4 Å². The molecule has 27 heavy (non-hydrogen) atoms. The second-order valence-electron chi connectivity index (χ2n) is 5.69. The van der Waals surface area contributed by atoms with Crippen LogP contribution in [0.5, 0.6) is 17.2 Å². The van der Waals surface area contributed by atoms with Crippen molar-refractivity contribution in [3.8, 4) is 22.9 Å². The number of benzene rings is 2. The van der Waals surface area contributed by atoms with Crippen LogP contribution in [0.1, 0.15) is 15.9 Å². The molecular weight excluding hydrogens is 346 g/mol. The van der Waals surface area contributed by atoms with Gasteiger partial charge in [0.25, 0.3) is 5.91 Å². The fourth-order valence-corrected chi connectivity index (χ4v) is 2.74. The Morgan fingerprint density at radius 1 is 1.00 bits per heavy atom. The number of nitrogens with zero attached hydrogens (tertiary/aromatic N) is 2. The molecule has 0 radical (unpaired) electrons. The molecule has 3 aromatic rings. The van der Waals surface area contributed by atoms with Crippen LogP contribution in [0.15, 0.2) is 54.9 Å². The van der Waals surface area contributed by atoms with Gasteiger partial charge in [0, 0.05) is 18.3 Å². The third-order valence-corrected chi connectivity index (χ3v) is 4.09. The Hall–Kier alpha value is -3.48. The summed E-state index contributed by atoms with van der Waals surface area (Å²) >= 11 is 0. The van der Waals surface area contributed by atoms with Gasteiger partial charge in [-0.25, -0.2) is 4.68 Å². The first-order chi connectivity index (χ1) is 13.2. The molecule has 0 spiro atoms. The van der Waals surface area contributed by atoms with Crippen LogP contribution in [-0.2, 0) is 6.54 Å². The van der Waals surface area contributed by atoms with E-state index < -0.39 is 0 Å². The maximum Gasteiger partial charge on any atom is 0.254 e. The minimum Gasteiger partial charge on any atom is -0.493 e. The first kappa shape index (κ1) is 18.3. The van der Waals surface area contributed by atoms with Crippen molar-refractivity contribution in [1.29, 1.82) is 0 Å². The zero-order valence-electron chi connectivity index (χ0n) is 15.4. The van der Waals surface area contributed by atoms with E-state index >= 15 is 0 Å². The van der Waals surface area contributed by atoms with Crippen molar-refractivity contribution in [3.63, 3.8) is 0 Å². The largest absolute Gasteiger partial charge is 0.493 e. The molecule has 7 nitrogen and oxygen atoms in total. The monoisotopic (exact) mass is 367 g/mol. The second kappa shape index (κ2) is 8.27. The Morgan fingerprint density at radius 2 is 1.74 bits per heavy atom. The van der Waals surface area contributed by atoms with E-state index in [0.717, 1.165) is 11.3 Å². The van der Waals surface area contributed by atoms with Gasteiger partial charge in [-0.3, -0.25) is 4.79 Å². The van der Waals surface area contributed by atoms with Gasteiger partial charge < -0.3 is 19.5 Å². The maximum atomic E-state index is 12.5. The minimum absolute atomic E-state index is 0.228. The van der Waals surface area contributed by atoms with Crippen molar-refractivity contribution < 1.29 is 19.0 Å². The Labute approximate surface area is 157 Å². The third kappa shape index (κ3) is 3.87. The lowest BCUT2D eigenvalue weighted by Crippen LogP contribution is -2.22. The van der Waals surface area contributed by atoms with E-state index in [4.69, 9.17) is 14.2 Å². The fourth-order valence-electron chi connectivity index (χ4n) is 2.74. The van der Waals surface area contributed by atoms with Crippen LogP contribution < -0.4 is 19.5 Å². The summed E-state index contributed by atoms with van der Waals surface area (Å²) in [7, 11) is 4.65. The van der Waals surface area contributed by atoms with Gasteiger partial charge in [0.1, 0.15) is 0 Å². The van der Waals surface area contributed by atoms with Crippen LogP contribution >= 0.6 is 0 Å². The Bertz CT molecular complexity index is 922. The number of para-hydroxylation sites is 1. The first-order valence-corrected chi connectivity index (χ1v) is 8.34. The first-order valence-electron chi connectivity index (χ1n) is 8.34. The van der Waals surface area contributed by atoms with Crippen LogP contribution in [-0.4, -0.2) is 37.0 Å². The summed E-state index contributed by atoms with van der Waals surface area (Å²) in [6, 6.07) is 13.2. The summed E-state index contributed by atoms with van der Waals surface area (Å²) in [4.78, 5) is 12.5. The van der Waals surface area contributed by atoms with E-state index in [-0.39, 0.29) is 12.5 Å². The van der Waals surface area contributed by atoms with Crippen molar-refractivity contribution in [2.24, 2.45) is 0 Å². The van der Waals surface area contributed by atoms with Crippen LogP contribution in [0, 0.1) is 0 Å². The molecular formula is C20H21N3O4. The summed E-state index contributed by atoms with van der Waals surface area (Å²) in [6.07, 6.45) is 3.23. The molecule has 0 aliphatic heterocycles. The van der Waals surface area contributed by atoms with Crippen LogP contribution in [0.3, 0.4) is 0 Å². The highest BCUT2D eigenvalue weighted by Crippen LogP contribution is 2.39. The number of nitrogens with one attached hydrogen (secondary N) is 1. The van der Waals surface area contributed by atoms with E-state index in [1.165, 1.54) is 6.20 Å². The van der Waals surface area contributed by atoms with Crippen LogP contribution in [0.25, 0.3) is 5.69 Å². The van der Waals surface area contributed by atoms with Gasteiger partial charge in [-0.2, -0.15) is 5.10 Å². The number of hydrogen-bond acceptors (Lipinski definition) is 5. The SMILES string of the molecule is COc1ccc(CNC(=O)c2cnn(-c3ccccc3)c2)c(OC)c1OC. The van der Waals surface area contributed by atoms with Gasteiger partial charge >= 0.3 is 0 Å². The average molecular weight is 367 g/mol. The van der Waals surface area contributed by atoms with Gasteiger partial charge in [0.05, 0.1) is 38.8 Å². The molecule has 1 heterocycles. The molecule has 1 N–H and O–H groups in total. The molecule has 0 saturated heterocycles. The summed E-state index contributed by atoms with van der Waals surface area (Å²) in [5.74, 6) is 1.35. The number of carbonyl (C=O) groups is 1. The number of aromatic nitrogens is 2. The smallest absolute Gasteiger partial charge is 0.254 e. The highest BCUT2D eigenvalue weighted by atomic mass is 16.5. The lowest BCUT2D eigenvalue weighted by molar-refractivity contribution is 0.0950. The topological polar surface area (TPSA) is 74.6 Å². The predicted molar refractivity (Wildman–Crippen MR) is 101 cm³/mol. The molecule has 1 aromatic heterocycles. The molecule has 0 unspecified atom stereocenters. The number of hydrogen-bond donors (Lipinski definition) is 1. The second-order valence-corrected chi connectivity index (χ2v) is 5.69.